The number of thioether (sulfide) groups is 1. The second-order valence-corrected chi connectivity index (χ2v) is 7.44. The molecule has 0 aliphatic heterocycles. The number of anilines is 1. The van der Waals surface area contributed by atoms with E-state index in [4.69, 9.17) is 0 Å². The Morgan fingerprint density at radius 3 is 2.80 bits per heavy atom. The molecule has 7 heteroatoms. The summed E-state index contributed by atoms with van der Waals surface area (Å²) in [5, 5.41) is 3.14. The zero-order valence-electron chi connectivity index (χ0n) is 12.5. The monoisotopic (exact) mass is 317 g/mol. The van der Waals surface area contributed by atoms with Gasteiger partial charge in [0.15, 0.2) is 5.03 Å². The van der Waals surface area contributed by atoms with Crippen LogP contribution in [-0.2, 0) is 10.0 Å². The lowest BCUT2D eigenvalue weighted by molar-refractivity contribution is 0.381. The number of rotatable bonds is 8. The van der Waals surface area contributed by atoms with Crippen molar-refractivity contribution in [1.29, 1.82) is 0 Å². The number of sulfonamides is 1. The van der Waals surface area contributed by atoms with E-state index >= 15 is 0 Å². The van der Waals surface area contributed by atoms with Crippen molar-refractivity contribution in [2.24, 2.45) is 0 Å². The highest BCUT2D eigenvalue weighted by molar-refractivity contribution is 7.98. The molecule has 1 N–H and O–H groups in total. The highest BCUT2D eigenvalue weighted by Crippen LogP contribution is 2.23. The standard InChI is InChI=1S/C13H23N3O2S2/c1-5-14-12-7-6-9-15-13(12)20(17,18)16(3)11(2)8-10-19-4/h6-7,9,11,14H,5,8,10H2,1-4H3. The molecule has 1 rings (SSSR count). The average molecular weight is 317 g/mol. The molecule has 0 aliphatic carbocycles. The molecule has 0 spiro atoms. The number of hydrogen-bond donors (Lipinski definition) is 1. The maximum Gasteiger partial charge on any atom is 0.262 e. The van der Waals surface area contributed by atoms with Gasteiger partial charge in [-0.3, -0.25) is 0 Å². The first-order chi connectivity index (χ1) is 9.45. The SMILES string of the molecule is CCNc1cccnc1S(=O)(=O)N(C)C(C)CCSC. The van der Waals surface area contributed by atoms with Gasteiger partial charge in [-0.25, -0.2) is 13.4 Å². The Bertz CT molecular complexity index is 520. The zero-order valence-corrected chi connectivity index (χ0v) is 14.1. The van der Waals surface area contributed by atoms with E-state index < -0.39 is 10.0 Å². The second kappa shape index (κ2) is 7.85. The minimum atomic E-state index is -3.57. The van der Waals surface area contributed by atoms with Crippen LogP contribution in [0.5, 0.6) is 0 Å². The van der Waals surface area contributed by atoms with Gasteiger partial charge in [0.1, 0.15) is 0 Å². The summed E-state index contributed by atoms with van der Waals surface area (Å²) in [6, 6.07) is 3.42. The molecule has 0 radical (unpaired) electrons. The molecule has 0 saturated carbocycles. The molecule has 5 nitrogen and oxygen atoms in total. The lowest BCUT2D eigenvalue weighted by Gasteiger charge is -2.24. The molecule has 0 amide bonds. The summed E-state index contributed by atoms with van der Waals surface area (Å²) >= 11 is 1.72. The van der Waals surface area contributed by atoms with Gasteiger partial charge >= 0.3 is 0 Å². The number of hydrogen-bond acceptors (Lipinski definition) is 5. The van der Waals surface area contributed by atoms with E-state index in [2.05, 4.69) is 10.3 Å². The van der Waals surface area contributed by atoms with E-state index in [0.29, 0.717) is 12.2 Å². The van der Waals surface area contributed by atoms with Gasteiger partial charge in [0.05, 0.1) is 5.69 Å². The normalized spacial score (nSPS) is 13.4. The molecule has 1 aromatic heterocycles. The Hall–Kier alpha value is -0.790. The van der Waals surface area contributed by atoms with Crippen molar-refractivity contribution < 1.29 is 8.42 Å². The van der Waals surface area contributed by atoms with E-state index in [1.54, 1.807) is 30.9 Å². The highest BCUT2D eigenvalue weighted by atomic mass is 32.2. The molecule has 1 atom stereocenters. The predicted molar refractivity (Wildman–Crippen MR) is 85.8 cm³/mol. The van der Waals surface area contributed by atoms with Gasteiger partial charge < -0.3 is 5.32 Å². The third kappa shape index (κ3) is 4.10. The Balaban J connectivity index is 3.03. The van der Waals surface area contributed by atoms with Crippen molar-refractivity contribution >= 4 is 27.5 Å². The van der Waals surface area contributed by atoms with Gasteiger partial charge in [0.2, 0.25) is 0 Å². The number of nitrogens with one attached hydrogen (secondary N) is 1. The van der Waals surface area contributed by atoms with Crippen molar-refractivity contribution in [3.8, 4) is 0 Å². The summed E-state index contributed by atoms with van der Waals surface area (Å²) in [7, 11) is -1.96. The fourth-order valence-electron chi connectivity index (χ4n) is 1.76. The van der Waals surface area contributed by atoms with Gasteiger partial charge in [0, 0.05) is 25.8 Å². The first-order valence-electron chi connectivity index (χ1n) is 6.61. The summed E-state index contributed by atoms with van der Waals surface area (Å²) < 4.78 is 26.7. The number of nitrogens with zero attached hydrogens (tertiary/aromatic N) is 2. The smallest absolute Gasteiger partial charge is 0.262 e. The van der Waals surface area contributed by atoms with Crippen LogP contribution >= 0.6 is 11.8 Å². The molecule has 20 heavy (non-hydrogen) atoms. The topological polar surface area (TPSA) is 62.3 Å². The molecule has 1 heterocycles. The molecule has 114 valence electrons. The van der Waals surface area contributed by atoms with E-state index in [-0.39, 0.29) is 11.1 Å². The van der Waals surface area contributed by atoms with Crippen molar-refractivity contribution in [1.82, 2.24) is 9.29 Å². The fourth-order valence-corrected chi connectivity index (χ4v) is 3.81. The van der Waals surface area contributed by atoms with Crippen LogP contribution < -0.4 is 5.32 Å². The van der Waals surface area contributed by atoms with E-state index in [9.17, 15) is 8.42 Å². The van der Waals surface area contributed by atoms with Crippen LogP contribution in [0, 0.1) is 0 Å². The highest BCUT2D eigenvalue weighted by Gasteiger charge is 2.28. The molecule has 1 unspecified atom stereocenters. The summed E-state index contributed by atoms with van der Waals surface area (Å²) in [5.74, 6) is 0.934. The molecule has 0 aromatic carbocycles. The maximum absolute atomic E-state index is 12.6. The lowest BCUT2D eigenvalue weighted by Crippen LogP contribution is -2.36. The summed E-state index contributed by atoms with van der Waals surface area (Å²) in [5.41, 5.74) is 0.555. The summed E-state index contributed by atoms with van der Waals surface area (Å²) in [4.78, 5) is 4.06. The van der Waals surface area contributed by atoms with Gasteiger partial charge in [-0.2, -0.15) is 16.1 Å². The van der Waals surface area contributed by atoms with Crippen molar-refractivity contribution in [3.05, 3.63) is 18.3 Å². The maximum atomic E-state index is 12.6. The minimum Gasteiger partial charge on any atom is -0.383 e. The first-order valence-corrected chi connectivity index (χ1v) is 9.44. The Kier molecular flexibility index (Phi) is 6.78. The van der Waals surface area contributed by atoms with E-state index in [1.807, 2.05) is 20.1 Å². The van der Waals surface area contributed by atoms with Crippen molar-refractivity contribution in [2.75, 3.05) is 30.9 Å². The van der Waals surface area contributed by atoms with E-state index in [1.165, 1.54) is 10.5 Å². The Morgan fingerprint density at radius 1 is 1.50 bits per heavy atom. The quantitative estimate of drug-likeness (QED) is 0.797. The summed E-state index contributed by atoms with van der Waals surface area (Å²) in [6.07, 6.45) is 4.34. The Morgan fingerprint density at radius 2 is 2.20 bits per heavy atom. The molecule has 0 aliphatic rings. The van der Waals surface area contributed by atoms with Gasteiger partial charge in [-0.1, -0.05) is 0 Å². The largest absolute Gasteiger partial charge is 0.383 e. The van der Waals surface area contributed by atoms with Gasteiger partial charge in [-0.15, -0.1) is 0 Å². The predicted octanol–water partition coefficient (Wildman–Crippen LogP) is 2.28. The van der Waals surface area contributed by atoms with Gasteiger partial charge in [-0.05, 0) is 44.4 Å². The molecule has 0 bridgehead atoms. The van der Waals surface area contributed by atoms with Crippen LogP contribution in [0.4, 0.5) is 5.69 Å². The third-order valence-corrected chi connectivity index (χ3v) is 5.70. The van der Waals surface area contributed by atoms with Crippen LogP contribution in [0.2, 0.25) is 0 Å². The van der Waals surface area contributed by atoms with Crippen LogP contribution in [0.3, 0.4) is 0 Å². The third-order valence-electron chi connectivity index (χ3n) is 3.12. The lowest BCUT2D eigenvalue weighted by atomic mass is 10.3. The van der Waals surface area contributed by atoms with Crippen LogP contribution in [0.15, 0.2) is 23.4 Å². The molecule has 1 aromatic rings. The van der Waals surface area contributed by atoms with Crippen LogP contribution in [0.1, 0.15) is 20.3 Å². The zero-order chi connectivity index (χ0) is 15.2. The van der Waals surface area contributed by atoms with Crippen LogP contribution in [-0.4, -0.2) is 49.3 Å². The van der Waals surface area contributed by atoms with Crippen LogP contribution in [0.25, 0.3) is 0 Å². The number of pyridine rings is 1. The second-order valence-electron chi connectivity index (χ2n) is 4.54. The Labute approximate surface area is 126 Å². The number of aromatic nitrogens is 1. The average Bonchev–Trinajstić information content (AvgIpc) is 2.44. The van der Waals surface area contributed by atoms with Crippen molar-refractivity contribution in [3.63, 3.8) is 0 Å². The first kappa shape index (κ1) is 17.3. The van der Waals surface area contributed by atoms with Crippen molar-refractivity contribution in [2.45, 2.75) is 31.3 Å². The van der Waals surface area contributed by atoms with E-state index in [0.717, 1.165) is 12.2 Å². The fraction of sp³-hybridized carbons (Fsp3) is 0.615. The summed E-state index contributed by atoms with van der Waals surface area (Å²) in [6.45, 7) is 4.50. The van der Waals surface area contributed by atoms with Gasteiger partial charge in [0.25, 0.3) is 10.0 Å². The molecule has 0 saturated heterocycles. The molecular weight excluding hydrogens is 294 g/mol. The minimum absolute atomic E-state index is 0.0519. The molecule has 0 fully saturated rings. The molecular formula is C13H23N3O2S2.